The number of carbonyl (C=O) groups is 2. The number of aromatic nitrogens is 1. The molecule has 9 nitrogen and oxygen atoms in total. The van der Waals surface area contributed by atoms with E-state index in [4.69, 9.17) is 25.7 Å². The number of ether oxygens (including phenoxy) is 1. The molecule has 0 saturated carbocycles. The number of allylic oxidation sites excluding steroid dienone is 1. The van der Waals surface area contributed by atoms with Gasteiger partial charge in [-0.25, -0.2) is 4.99 Å². The van der Waals surface area contributed by atoms with Crippen LogP contribution in [0.3, 0.4) is 0 Å². The largest absolute Gasteiger partial charge is 0.466 e. The second-order valence-electron chi connectivity index (χ2n) is 9.02. The van der Waals surface area contributed by atoms with Crippen LogP contribution in [0.25, 0.3) is 11.1 Å². The third-order valence-corrected chi connectivity index (χ3v) is 6.86. The summed E-state index contributed by atoms with van der Waals surface area (Å²) in [4.78, 5) is 37.2. The van der Waals surface area contributed by atoms with Crippen molar-refractivity contribution in [3.8, 4) is 0 Å². The number of aliphatic imine (C=N–C) groups is 1. The predicted molar refractivity (Wildman–Crippen MR) is 141 cm³/mol. The summed E-state index contributed by atoms with van der Waals surface area (Å²) in [6.07, 6.45) is 1.42. The lowest BCUT2D eigenvalue weighted by Gasteiger charge is -2.35. The van der Waals surface area contributed by atoms with Crippen LogP contribution < -0.4 is 10.6 Å². The molecule has 192 valence electrons. The molecule has 1 aromatic heterocycles. The summed E-state index contributed by atoms with van der Waals surface area (Å²) in [5.41, 5.74) is 3.16. The molecule has 3 heterocycles. The number of amides is 1. The molecule has 37 heavy (non-hydrogen) atoms. The molecule has 1 amide bonds. The standard InChI is InChI=1S/C27H28ClN5O4/c1-3-36-25(35)17-9-8-14-33(15-17)24(34)22-16(2)29-26(31-23(22)18-10-4-5-11-19(18)28)32-27-30-20-12-6-7-13-21(20)37-27/h4-7,10-13,17,23H,3,8-9,14-15H2,1-2H3,(H2,29,30,31,32). The van der Waals surface area contributed by atoms with E-state index < -0.39 is 6.04 Å². The SMILES string of the molecule is CCOC(=O)C1CCCN(C(=O)C2=C(C)NC(Nc3nc4ccccc4o3)=NC2c2ccccc2Cl)C1. The van der Waals surface area contributed by atoms with Crippen molar-refractivity contribution in [2.24, 2.45) is 10.9 Å². The molecular formula is C27H28ClN5O4. The number of piperidine rings is 1. The minimum atomic E-state index is -0.669. The lowest BCUT2D eigenvalue weighted by Crippen LogP contribution is -2.46. The van der Waals surface area contributed by atoms with E-state index in [1.54, 1.807) is 17.9 Å². The van der Waals surface area contributed by atoms with Crippen molar-refractivity contribution in [1.82, 2.24) is 15.2 Å². The van der Waals surface area contributed by atoms with Gasteiger partial charge < -0.3 is 19.4 Å². The van der Waals surface area contributed by atoms with Crippen molar-refractivity contribution in [2.45, 2.75) is 32.7 Å². The molecule has 2 aromatic carbocycles. The Kier molecular flexibility index (Phi) is 7.14. The second kappa shape index (κ2) is 10.6. The van der Waals surface area contributed by atoms with E-state index in [0.717, 1.165) is 6.42 Å². The van der Waals surface area contributed by atoms with Crippen LogP contribution in [-0.2, 0) is 14.3 Å². The molecule has 1 fully saturated rings. The zero-order valence-corrected chi connectivity index (χ0v) is 21.4. The van der Waals surface area contributed by atoms with Crippen LogP contribution in [0.2, 0.25) is 5.02 Å². The highest BCUT2D eigenvalue weighted by Crippen LogP contribution is 2.36. The monoisotopic (exact) mass is 521 g/mol. The van der Waals surface area contributed by atoms with Gasteiger partial charge in [0.15, 0.2) is 5.58 Å². The number of nitrogens with zero attached hydrogens (tertiary/aromatic N) is 3. The normalized spacial score (nSPS) is 19.9. The topological polar surface area (TPSA) is 109 Å². The number of benzene rings is 2. The smallest absolute Gasteiger partial charge is 0.310 e. The number of likely N-dealkylation sites (tertiary alicyclic amines) is 1. The number of guanidine groups is 1. The summed E-state index contributed by atoms with van der Waals surface area (Å²) in [6.45, 7) is 4.78. The average molecular weight is 522 g/mol. The van der Waals surface area contributed by atoms with E-state index in [2.05, 4.69) is 15.6 Å². The van der Waals surface area contributed by atoms with Crippen molar-refractivity contribution >= 4 is 46.6 Å². The summed E-state index contributed by atoms with van der Waals surface area (Å²) >= 11 is 6.57. The first-order valence-electron chi connectivity index (χ1n) is 12.3. The Hall–Kier alpha value is -3.85. The number of fused-ring (bicyclic) bond motifs is 1. The summed E-state index contributed by atoms with van der Waals surface area (Å²) in [5.74, 6) is -0.408. The quantitative estimate of drug-likeness (QED) is 0.469. The number of carbonyl (C=O) groups excluding carboxylic acids is 2. The highest BCUT2D eigenvalue weighted by Gasteiger charge is 2.36. The minimum absolute atomic E-state index is 0.186. The van der Waals surface area contributed by atoms with Gasteiger partial charge in [-0.3, -0.25) is 14.9 Å². The van der Waals surface area contributed by atoms with Crippen LogP contribution in [0, 0.1) is 5.92 Å². The Morgan fingerprint density at radius 1 is 1.22 bits per heavy atom. The van der Waals surface area contributed by atoms with Gasteiger partial charge in [-0.15, -0.1) is 0 Å². The fourth-order valence-electron chi connectivity index (χ4n) is 4.75. The molecule has 0 aliphatic carbocycles. The maximum atomic E-state index is 13.9. The summed E-state index contributed by atoms with van der Waals surface area (Å²) < 4.78 is 11.0. The molecular weight excluding hydrogens is 494 g/mol. The molecule has 10 heteroatoms. The Morgan fingerprint density at radius 2 is 2.00 bits per heavy atom. The fraction of sp³-hybridized carbons (Fsp3) is 0.333. The zero-order valence-electron chi connectivity index (χ0n) is 20.7. The molecule has 2 aliphatic rings. The van der Waals surface area contributed by atoms with E-state index in [-0.39, 0.29) is 23.8 Å². The number of nitrogens with one attached hydrogen (secondary N) is 2. The van der Waals surface area contributed by atoms with Gasteiger partial charge >= 0.3 is 12.0 Å². The Labute approximate surface area is 219 Å². The molecule has 2 unspecified atom stereocenters. The van der Waals surface area contributed by atoms with E-state index in [1.165, 1.54) is 0 Å². The molecule has 2 N–H and O–H groups in total. The lowest BCUT2D eigenvalue weighted by molar-refractivity contribution is -0.150. The van der Waals surface area contributed by atoms with Crippen LogP contribution in [0.4, 0.5) is 6.01 Å². The number of para-hydroxylation sites is 2. The average Bonchev–Trinajstić information content (AvgIpc) is 3.31. The number of anilines is 1. The number of esters is 1. The van der Waals surface area contributed by atoms with Gasteiger partial charge in [0.25, 0.3) is 5.91 Å². The van der Waals surface area contributed by atoms with Crippen molar-refractivity contribution in [3.05, 3.63) is 70.4 Å². The molecule has 5 rings (SSSR count). The third-order valence-electron chi connectivity index (χ3n) is 6.52. The number of hydrogen-bond donors (Lipinski definition) is 2. The maximum absolute atomic E-state index is 13.9. The van der Waals surface area contributed by atoms with Gasteiger partial charge in [0.1, 0.15) is 11.6 Å². The number of oxazole rings is 1. The number of hydrogen-bond acceptors (Lipinski definition) is 8. The Bertz CT molecular complexity index is 1370. The lowest BCUT2D eigenvalue weighted by atomic mass is 9.92. The van der Waals surface area contributed by atoms with Crippen molar-refractivity contribution in [3.63, 3.8) is 0 Å². The van der Waals surface area contributed by atoms with E-state index in [0.29, 0.717) is 65.0 Å². The second-order valence-corrected chi connectivity index (χ2v) is 9.43. The van der Waals surface area contributed by atoms with Crippen molar-refractivity contribution in [2.75, 3.05) is 25.0 Å². The maximum Gasteiger partial charge on any atom is 0.310 e. The van der Waals surface area contributed by atoms with Crippen LogP contribution in [0.1, 0.15) is 38.3 Å². The molecule has 0 radical (unpaired) electrons. The van der Waals surface area contributed by atoms with Gasteiger partial charge in [0.05, 0.1) is 18.1 Å². The van der Waals surface area contributed by atoms with Gasteiger partial charge in [-0.1, -0.05) is 41.9 Å². The Balaban J connectivity index is 1.45. The number of halogens is 1. The summed E-state index contributed by atoms with van der Waals surface area (Å²) in [5, 5.41) is 6.78. The van der Waals surface area contributed by atoms with E-state index in [1.807, 2.05) is 49.4 Å². The minimum Gasteiger partial charge on any atom is -0.466 e. The molecule has 1 saturated heterocycles. The van der Waals surface area contributed by atoms with Crippen LogP contribution >= 0.6 is 11.6 Å². The van der Waals surface area contributed by atoms with E-state index in [9.17, 15) is 9.59 Å². The Morgan fingerprint density at radius 3 is 2.78 bits per heavy atom. The van der Waals surface area contributed by atoms with Gasteiger partial charge in [-0.2, -0.15) is 4.98 Å². The van der Waals surface area contributed by atoms with E-state index >= 15 is 0 Å². The van der Waals surface area contributed by atoms with Crippen LogP contribution in [0.5, 0.6) is 0 Å². The van der Waals surface area contributed by atoms with Gasteiger partial charge in [0.2, 0.25) is 5.96 Å². The third kappa shape index (κ3) is 5.17. The molecule has 0 bridgehead atoms. The fourth-order valence-corrected chi connectivity index (χ4v) is 4.99. The van der Waals surface area contributed by atoms with Crippen molar-refractivity contribution < 1.29 is 18.7 Å². The first kappa shape index (κ1) is 24.8. The summed E-state index contributed by atoms with van der Waals surface area (Å²) in [6, 6.07) is 14.4. The first-order valence-corrected chi connectivity index (χ1v) is 12.7. The first-order chi connectivity index (χ1) is 17.9. The molecule has 3 aromatic rings. The zero-order chi connectivity index (χ0) is 25.9. The molecule has 2 atom stereocenters. The highest BCUT2D eigenvalue weighted by atomic mass is 35.5. The van der Waals surface area contributed by atoms with Gasteiger partial charge in [0, 0.05) is 29.4 Å². The number of rotatable bonds is 5. The summed E-state index contributed by atoms with van der Waals surface area (Å²) in [7, 11) is 0. The highest BCUT2D eigenvalue weighted by molar-refractivity contribution is 6.31. The molecule has 0 spiro atoms. The molecule has 2 aliphatic heterocycles. The van der Waals surface area contributed by atoms with Crippen LogP contribution in [0.15, 0.2) is 69.2 Å². The van der Waals surface area contributed by atoms with Crippen molar-refractivity contribution in [1.29, 1.82) is 0 Å². The predicted octanol–water partition coefficient (Wildman–Crippen LogP) is 4.67. The van der Waals surface area contributed by atoms with Crippen LogP contribution in [-0.4, -0.2) is 47.4 Å². The van der Waals surface area contributed by atoms with Gasteiger partial charge in [-0.05, 0) is 44.9 Å².